The Bertz CT molecular complexity index is 167. The van der Waals surface area contributed by atoms with Crippen molar-refractivity contribution in [3.63, 3.8) is 0 Å². The maximum absolute atomic E-state index is 5.89. The van der Waals surface area contributed by atoms with Crippen LogP contribution in [0.5, 0.6) is 0 Å². The van der Waals surface area contributed by atoms with E-state index in [0.29, 0.717) is 12.0 Å². The van der Waals surface area contributed by atoms with Crippen LogP contribution < -0.4 is 5.32 Å². The summed E-state index contributed by atoms with van der Waals surface area (Å²) in [6.07, 6.45) is 5.23. The van der Waals surface area contributed by atoms with Crippen molar-refractivity contribution in [2.24, 2.45) is 5.92 Å². The first-order chi connectivity index (χ1) is 5.73. The number of hydrogen-bond acceptors (Lipinski definition) is 2. The maximum Gasteiger partial charge on any atom is 0.122 e. The van der Waals surface area contributed by atoms with E-state index in [1.165, 1.54) is 25.7 Å². The van der Waals surface area contributed by atoms with Gasteiger partial charge in [0, 0.05) is 6.04 Å². The second-order valence-electron chi connectivity index (χ2n) is 4.39. The minimum absolute atomic E-state index is 0.0532. The van der Waals surface area contributed by atoms with Crippen LogP contribution in [0.2, 0.25) is 0 Å². The Kier molecular flexibility index (Phi) is 2.13. The molecule has 1 N–H and O–H groups in total. The van der Waals surface area contributed by atoms with Gasteiger partial charge in [-0.25, -0.2) is 0 Å². The van der Waals surface area contributed by atoms with Gasteiger partial charge in [0.15, 0.2) is 0 Å². The second-order valence-corrected chi connectivity index (χ2v) is 4.39. The molecule has 1 spiro atoms. The highest BCUT2D eigenvalue weighted by atomic mass is 16.5. The van der Waals surface area contributed by atoms with Crippen molar-refractivity contribution in [3.8, 4) is 0 Å². The Labute approximate surface area is 74.7 Å². The summed E-state index contributed by atoms with van der Waals surface area (Å²) < 4.78 is 5.89. The summed E-state index contributed by atoms with van der Waals surface area (Å²) in [7, 11) is 0. The first-order valence-electron chi connectivity index (χ1n) is 5.14. The maximum atomic E-state index is 5.89. The van der Waals surface area contributed by atoms with Crippen LogP contribution in [0.1, 0.15) is 39.5 Å². The summed E-state index contributed by atoms with van der Waals surface area (Å²) >= 11 is 0. The minimum Gasteiger partial charge on any atom is -0.359 e. The van der Waals surface area contributed by atoms with Gasteiger partial charge >= 0.3 is 0 Å². The highest BCUT2D eigenvalue weighted by Gasteiger charge is 2.43. The van der Waals surface area contributed by atoms with Crippen LogP contribution in [0.25, 0.3) is 0 Å². The Morgan fingerprint density at radius 1 is 1.33 bits per heavy atom. The van der Waals surface area contributed by atoms with E-state index in [9.17, 15) is 0 Å². The number of rotatable bonds is 0. The molecule has 1 saturated carbocycles. The lowest BCUT2D eigenvalue weighted by Gasteiger charge is -2.38. The molecule has 2 heteroatoms. The average molecular weight is 169 g/mol. The fourth-order valence-electron chi connectivity index (χ4n) is 2.52. The van der Waals surface area contributed by atoms with Gasteiger partial charge in [-0.05, 0) is 32.1 Å². The van der Waals surface area contributed by atoms with Crippen molar-refractivity contribution in [2.75, 3.05) is 6.61 Å². The van der Waals surface area contributed by atoms with Crippen LogP contribution in [0.4, 0.5) is 0 Å². The van der Waals surface area contributed by atoms with Crippen LogP contribution in [0, 0.1) is 5.92 Å². The molecule has 3 atom stereocenters. The van der Waals surface area contributed by atoms with Gasteiger partial charge < -0.3 is 4.74 Å². The molecule has 0 radical (unpaired) electrons. The number of ether oxygens (including phenoxy) is 1. The van der Waals surface area contributed by atoms with Crippen LogP contribution in [-0.4, -0.2) is 18.4 Å². The van der Waals surface area contributed by atoms with Crippen molar-refractivity contribution in [1.29, 1.82) is 0 Å². The minimum atomic E-state index is 0.0532. The van der Waals surface area contributed by atoms with E-state index in [2.05, 4.69) is 19.2 Å². The Balaban J connectivity index is 2.07. The normalized spacial score (nSPS) is 48.5. The molecule has 2 rings (SSSR count). The summed E-state index contributed by atoms with van der Waals surface area (Å²) in [5, 5.41) is 3.60. The fraction of sp³-hybridized carbons (Fsp3) is 1.00. The van der Waals surface area contributed by atoms with Crippen LogP contribution in [0.3, 0.4) is 0 Å². The molecule has 0 bridgehead atoms. The van der Waals surface area contributed by atoms with Gasteiger partial charge in [0.2, 0.25) is 0 Å². The predicted molar refractivity (Wildman–Crippen MR) is 48.9 cm³/mol. The Hall–Kier alpha value is -0.0800. The van der Waals surface area contributed by atoms with Crippen molar-refractivity contribution >= 4 is 0 Å². The van der Waals surface area contributed by atoms with Crippen LogP contribution in [0.15, 0.2) is 0 Å². The van der Waals surface area contributed by atoms with E-state index in [0.717, 1.165) is 6.61 Å². The zero-order valence-corrected chi connectivity index (χ0v) is 8.10. The van der Waals surface area contributed by atoms with E-state index >= 15 is 0 Å². The largest absolute Gasteiger partial charge is 0.359 e. The third-order valence-corrected chi connectivity index (χ3v) is 3.31. The smallest absolute Gasteiger partial charge is 0.122 e. The molecule has 0 aromatic carbocycles. The molecule has 0 amide bonds. The van der Waals surface area contributed by atoms with Gasteiger partial charge in [-0.2, -0.15) is 0 Å². The molecule has 1 heterocycles. The van der Waals surface area contributed by atoms with Gasteiger partial charge in [-0.3, -0.25) is 5.32 Å². The monoisotopic (exact) mass is 169 g/mol. The van der Waals surface area contributed by atoms with Gasteiger partial charge in [0.25, 0.3) is 0 Å². The summed E-state index contributed by atoms with van der Waals surface area (Å²) in [6, 6.07) is 0.547. The Morgan fingerprint density at radius 3 is 2.75 bits per heavy atom. The van der Waals surface area contributed by atoms with Crippen molar-refractivity contribution in [3.05, 3.63) is 0 Å². The third kappa shape index (κ3) is 1.27. The van der Waals surface area contributed by atoms with Crippen molar-refractivity contribution in [1.82, 2.24) is 5.32 Å². The van der Waals surface area contributed by atoms with Gasteiger partial charge in [0.05, 0.1) is 6.61 Å². The molecule has 1 aliphatic carbocycles. The summed E-state index contributed by atoms with van der Waals surface area (Å²) in [4.78, 5) is 0. The summed E-state index contributed by atoms with van der Waals surface area (Å²) in [5.74, 6) is 0.691. The molecule has 1 saturated heterocycles. The summed E-state index contributed by atoms with van der Waals surface area (Å²) in [6.45, 7) is 5.41. The third-order valence-electron chi connectivity index (χ3n) is 3.31. The van der Waals surface area contributed by atoms with Crippen LogP contribution >= 0.6 is 0 Å². The van der Waals surface area contributed by atoms with Crippen molar-refractivity contribution in [2.45, 2.75) is 51.3 Å². The fourth-order valence-corrected chi connectivity index (χ4v) is 2.52. The molecule has 70 valence electrons. The molecule has 0 aromatic rings. The molecule has 2 nitrogen and oxygen atoms in total. The summed E-state index contributed by atoms with van der Waals surface area (Å²) in [5.41, 5.74) is 0.0532. The van der Waals surface area contributed by atoms with E-state index < -0.39 is 0 Å². The quantitative estimate of drug-likeness (QED) is 0.598. The Morgan fingerprint density at radius 2 is 2.17 bits per heavy atom. The van der Waals surface area contributed by atoms with Gasteiger partial charge in [0.1, 0.15) is 5.72 Å². The SMILES string of the molecule is CC1COC2(CCCCC2C)N1. The van der Waals surface area contributed by atoms with E-state index in [1.54, 1.807) is 0 Å². The molecule has 2 fully saturated rings. The lowest BCUT2D eigenvalue weighted by Crippen LogP contribution is -2.50. The molecule has 3 unspecified atom stereocenters. The van der Waals surface area contributed by atoms with Gasteiger partial charge in [-0.1, -0.05) is 13.3 Å². The average Bonchev–Trinajstić information content (AvgIpc) is 2.41. The van der Waals surface area contributed by atoms with Gasteiger partial charge in [-0.15, -0.1) is 0 Å². The molecule has 1 aliphatic heterocycles. The predicted octanol–water partition coefficient (Wildman–Crippen LogP) is 1.90. The molecule has 12 heavy (non-hydrogen) atoms. The first kappa shape index (κ1) is 8.52. The second kappa shape index (κ2) is 3.00. The van der Waals surface area contributed by atoms with E-state index in [1.807, 2.05) is 0 Å². The van der Waals surface area contributed by atoms with E-state index in [4.69, 9.17) is 4.74 Å². The first-order valence-corrected chi connectivity index (χ1v) is 5.14. The standard InChI is InChI=1S/C10H19NO/c1-8-5-3-4-6-10(8)11-9(2)7-12-10/h8-9,11H,3-7H2,1-2H3. The highest BCUT2D eigenvalue weighted by Crippen LogP contribution is 2.37. The van der Waals surface area contributed by atoms with E-state index in [-0.39, 0.29) is 5.72 Å². The molecular weight excluding hydrogens is 150 g/mol. The highest BCUT2D eigenvalue weighted by molar-refractivity contribution is 4.93. The number of nitrogens with one attached hydrogen (secondary N) is 1. The topological polar surface area (TPSA) is 21.3 Å². The molecular formula is C10H19NO. The lowest BCUT2D eigenvalue weighted by atomic mass is 9.82. The lowest BCUT2D eigenvalue weighted by molar-refractivity contribution is -0.0765. The number of hydrogen-bond donors (Lipinski definition) is 1. The molecule has 0 aromatic heterocycles. The zero-order chi connectivity index (χ0) is 8.60. The van der Waals surface area contributed by atoms with Crippen LogP contribution in [-0.2, 0) is 4.74 Å². The zero-order valence-electron chi connectivity index (χ0n) is 8.10. The van der Waals surface area contributed by atoms with Crippen molar-refractivity contribution < 1.29 is 4.74 Å². The molecule has 2 aliphatic rings.